The summed E-state index contributed by atoms with van der Waals surface area (Å²) in [5.41, 5.74) is -0.268. The maximum atomic E-state index is 13.4. The molecule has 15 heavy (non-hydrogen) atoms. The fourth-order valence-corrected chi connectivity index (χ4v) is 1.90. The summed E-state index contributed by atoms with van der Waals surface area (Å²) in [7, 11) is 0. The van der Waals surface area contributed by atoms with Gasteiger partial charge in [-0.15, -0.1) is 0 Å². The van der Waals surface area contributed by atoms with E-state index >= 15 is 0 Å². The van der Waals surface area contributed by atoms with Crippen molar-refractivity contribution in [2.45, 2.75) is 24.7 Å². The third kappa shape index (κ3) is 1.84. The molecule has 1 aliphatic carbocycles. The Morgan fingerprint density at radius 2 is 2.07 bits per heavy atom. The number of halogens is 2. The van der Waals surface area contributed by atoms with E-state index < -0.39 is 23.0 Å². The second-order valence-corrected chi connectivity index (χ2v) is 3.98. The average molecular weight is 212 g/mol. The molecule has 0 atom stereocenters. The molecule has 4 heteroatoms. The number of carboxylic acid groups (broad SMARTS) is 1. The highest BCUT2D eigenvalue weighted by Gasteiger charge is 2.47. The van der Waals surface area contributed by atoms with E-state index in [2.05, 4.69) is 0 Å². The zero-order valence-electron chi connectivity index (χ0n) is 7.96. The van der Waals surface area contributed by atoms with Gasteiger partial charge in [0.2, 0.25) is 0 Å². The van der Waals surface area contributed by atoms with Gasteiger partial charge in [-0.3, -0.25) is 4.79 Å². The van der Waals surface area contributed by atoms with Gasteiger partial charge in [0.05, 0.1) is 6.42 Å². The molecule has 80 valence electrons. The first-order valence-corrected chi connectivity index (χ1v) is 4.71. The van der Waals surface area contributed by atoms with E-state index in [9.17, 15) is 13.6 Å². The van der Waals surface area contributed by atoms with Gasteiger partial charge in [-0.1, -0.05) is 6.07 Å². The standard InChI is InChI=1S/C11H10F2O2/c12-7-1-2-8(9(13)5-7)11(3-4-11)6-10(14)15/h1-2,5H,3-4,6H2,(H,14,15). The van der Waals surface area contributed by atoms with E-state index in [1.165, 1.54) is 12.1 Å². The molecular weight excluding hydrogens is 202 g/mol. The van der Waals surface area contributed by atoms with Crippen LogP contribution >= 0.6 is 0 Å². The van der Waals surface area contributed by atoms with Gasteiger partial charge in [-0.2, -0.15) is 0 Å². The third-order valence-electron chi connectivity index (χ3n) is 2.85. The lowest BCUT2D eigenvalue weighted by atomic mass is 9.92. The fourth-order valence-electron chi connectivity index (χ4n) is 1.90. The van der Waals surface area contributed by atoms with Crippen molar-refractivity contribution in [2.75, 3.05) is 0 Å². The number of hydrogen-bond acceptors (Lipinski definition) is 1. The van der Waals surface area contributed by atoms with Crippen molar-refractivity contribution in [3.63, 3.8) is 0 Å². The Hall–Kier alpha value is -1.45. The molecule has 0 radical (unpaired) electrons. The minimum atomic E-state index is -0.948. The largest absolute Gasteiger partial charge is 0.481 e. The Balaban J connectivity index is 2.33. The van der Waals surface area contributed by atoms with Gasteiger partial charge < -0.3 is 5.11 Å². The molecule has 0 bridgehead atoms. The van der Waals surface area contributed by atoms with Gasteiger partial charge in [-0.05, 0) is 24.5 Å². The quantitative estimate of drug-likeness (QED) is 0.835. The van der Waals surface area contributed by atoms with Gasteiger partial charge in [0, 0.05) is 11.5 Å². The van der Waals surface area contributed by atoms with Crippen molar-refractivity contribution >= 4 is 5.97 Å². The highest BCUT2D eigenvalue weighted by molar-refractivity contribution is 5.70. The van der Waals surface area contributed by atoms with Crippen LogP contribution in [0.5, 0.6) is 0 Å². The van der Waals surface area contributed by atoms with E-state index in [-0.39, 0.29) is 6.42 Å². The molecule has 1 aliphatic rings. The molecule has 0 aromatic heterocycles. The summed E-state index contributed by atoms with van der Waals surface area (Å²) in [5, 5.41) is 8.70. The third-order valence-corrected chi connectivity index (χ3v) is 2.85. The van der Waals surface area contributed by atoms with Crippen molar-refractivity contribution in [3.8, 4) is 0 Å². The number of hydrogen-bond donors (Lipinski definition) is 1. The van der Waals surface area contributed by atoms with Crippen molar-refractivity contribution in [1.29, 1.82) is 0 Å². The van der Waals surface area contributed by atoms with Crippen molar-refractivity contribution < 1.29 is 18.7 Å². The monoisotopic (exact) mass is 212 g/mol. The molecule has 1 saturated carbocycles. The van der Waals surface area contributed by atoms with Crippen molar-refractivity contribution in [3.05, 3.63) is 35.4 Å². The number of rotatable bonds is 3. The number of aliphatic carboxylic acids is 1. The number of benzene rings is 1. The number of carboxylic acids is 1. The second kappa shape index (κ2) is 3.29. The lowest BCUT2D eigenvalue weighted by molar-refractivity contribution is -0.137. The molecular formula is C11H10F2O2. The van der Waals surface area contributed by atoms with Crippen LogP contribution in [0.3, 0.4) is 0 Å². The smallest absolute Gasteiger partial charge is 0.304 e. The summed E-state index contributed by atoms with van der Waals surface area (Å²) in [6, 6.07) is 3.32. The minimum absolute atomic E-state index is 0.0877. The van der Waals surface area contributed by atoms with Crippen LogP contribution in [0.15, 0.2) is 18.2 Å². The Morgan fingerprint density at radius 1 is 1.40 bits per heavy atom. The lowest BCUT2D eigenvalue weighted by Gasteiger charge is -2.13. The predicted molar refractivity (Wildman–Crippen MR) is 49.5 cm³/mol. The Morgan fingerprint density at radius 3 is 2.53 bits per heavy atom. The summed E-state index contributed by atoms with van der Waals surface area (Å²) >= 11 is 0. The number of carbonyl (C=O) groups is 1. The van der Waals surface area contributed by atoms with E-state index in [4.69, 9.17) is 5.11 Å². The molecule has 1 aromatic rings. The Kier molecular flexibility index (Phi) is 2.21. The fraction of sp³-hybridized carbons (Fsp3) is 0.364. The van der Waals surface area contributed by atoms with Crippen LogP contribution in [0, 0.1) is 11.6 Å². The first-order valence-electron chi connectivity index (χ1n) is 4.71. The molecule has 1 aromatic carbocycles. The van der Waals surface area contributed by atoms with Crippen LogP contribution in [0.25, 0.3) is 0 Å². The van der Waals surface area contributed by atoms with E-state index in [0.29, 0.717) is 18.4 Å². The predicted octanol–water partition coefficient (Wildman–Crippen LogP) is 2.47. The molecule has 2 nitrogen and oxygen atoms in total. The van der Waals surface area contributed by atoms with E-state index in [1.54, 1.807) is 0 Å². The molecule has 0 spiro atoms. The first-order chi connectivity index (χ1) is 7.03. The highest BCUT2D eigenvalue weighted by Crippen LogP contribution is 2.51. The maximum absolute atomic E-state index is 13.4. The topological polar surface area (TPSA) is 37.3 Å². The molecule has 1 N–H and O–H groups in total. The maximum Gasteiger partial charge on any atom is 0.304 e. The molecule has 0 unspecified atom stereocenters. The van der Waals surface area contributed by atoms with E-state index in [1.807, 2.05) is 0 Å². The van der Waals surface area contributed by atoms with Crippen molar-refractivity contribution in [1.82, 2.24) is 0 Å². The summed E-state index contributed by atoms with van der Waals surface area (Å²) in [6.07, 6.45) is 1.22. The second-order valence-electron chi connectivity index (χ2n) is 3.98. The van der Waals surface area contributed by atoms with E-state index in [0.717, 1.165) is 6.07 Å². The lowest BCUT2D eigenvalue weighted by Crippen LogP contribution is -2.14. The molecule has 0 amide bonds. The molecule has 1 fully saturated rings. The van der Waals surface area contributed by atoms with Gasteiger partial charge in [0.1, 0.15) is 11.6 Å². The Bertz CT molecular complexity index is 411. The van der Waals surface area contributed by atoms with Gasteiger partial charge in [0.15, 0.2) is 0 Å². The summed E-state index contributed by atoms with van der Waals surface area (Å²) < 4.78 is 26.1. The first kappa shape index (κ1) is 10.1. The molecule has 0 saturated heterocycles. The zero-order chi connectivity index (χ0) is 11.1. The molecule has 0 heterocycles. The minimum Gasteiger partial charge on any atom is -0.481 e. The Labute approximate surface area is 85.5 Å². The molecule has 0 aliphatic heterocycles. The summed E-state index contributed by atoms with van der Waals surface area (Å²) in [6.45, 7) is 0. The van der Waals surface area contributed by atoms with Crippen LogP contribution in [-0.2, 0) is 10.2 Å². The van der Waals surface area contributed by atoms with Crippen molar-refractivity contribution in [2.24, 2.45) is 0 Å². The SMILES string of the molecule is O=C(O)CC1(c2ccc(F)cc2F)CC1. The highest BCUT2D eigenvalue weighted by atomic mass is 19.1. The van der Waals surface area contributed by atoms with Crippen LogP contribution in [-0.4, -0.2) is 11.1 Å². The molecule has 2 rings (SSSR count). The van der Waals surface area contributed by atoms with Gasteiger partial charge in [0.25, 0.3) is 0 Å². The van der Waals surface area contributed by atoms with Gasteiger partial charge >= 0.3 is 5.97 Å². The van der Waals surface area contributed by atoms with Crippen LogP contribution in [0.1, 0.15) is 24.8 Å². The van der Waals surface area contributed by atoms with Gasteiger partial charge in [-0.25, -0.2) is 8.78 Å². The average Bonchev–Trinajstić information content (AvgIpc) is 2.83. The van der Waals surface area contributed by atoms with Crippen LogP contribution < -0.4 is 0 Å². The van der Waals surface area contributed by atoms with Crippen LogP contribution in [0.4, 0.5) is 8.78 Å². The normalized spacial score (nSPS) is 17.5. The van der Waals surface area contributed by atoms with Crippen LogP contribution in [0.2, 0.25) is 0 Å². The summed E-state index contributed by atoms with van der Waals surface area (Å²) in [5.74, 6) is -2.23. The zero-order valence-corrected chi connectivity index (χ0v) is 7.96. The summed E-state index contributed by atoms with van der Waals surface area (Å²) in [4.78, 5) is 10.6.